The Morgan fingerprint density at radius 2 is 0.766 bits per heavy atom. The highest BCUT2D eigenvalue weighted by Gasteiger charge is 1.98. The predicted octanol–water partition coefficient (Wildman–Crippen LogP) is 9.46. The monoisotopic (exact) mass is 692 g/mol. The maximum atomic E-state index is 10.5. The molecule has 0 radical (unpaired) electrons. The third-order valence-corrected chi connectivity index (χ3v) is 9.80. The van der Waals surface area contributed by atoms with E-state index in [1.54, 1.807) is 0 Å². The van der Waals surface area contributed by atoms with Crippen LogP contribution in [0.5, 0.6) is 0 Å². The van der Waals surface area contributed by atoms with Crippen LogP contribution in [0.3, 0.4) is 0 Å². The van der Waals surface area contributed by atoms with Gasteiger partial charge in [0, 0.05) is 6.42 Å². The van der Waals surface area contributed by atoms with Crippen LogP contribution in [0.25, 0.3) is 0 Å². The fourth-order valence-corrected chi connectivity index (χ4v) is 6.74. The fraction of sp³-hybridized carbons (Fsp3) is 0.973. The highest BCUT2D eigenvalue weighted by atomic mass is 32.2. The van der Waals surface area contributed by atoms with Gasteiger partial charge in [-0.05, 0) is 119 Å². The molecule has 282 valence electrons. The molecule has 0 aromatic heterocycles. The summed E-state index contributed by atoms with van der Waals surface area (Å²) in [5.41, 5.74) is 0. The Balaban J connectivity index is 3.04. The molecule has 0 bridgehead atoms. The molecule has 0 aromatic rings. The Morgan fingerprint density at radius 3 is 1.15 bits per heavy atom. The average Bonchev–Trinajstić information content (AvgIpc) is 3.07. The number of nitrogens with one attached hydrogen (secondary N) is 3. The van der Waals surface area contributed by atoms with Crippen LogP contribution in [0, 0.1) is 0 Å². The van der Waals surface area contributed by atoms with Gasteiger partial charge in [0.25, 0.3) is 0 Å². The number of carboxylic acids is 1. The second-order valence-electron chi connectivity index (χ2n) is 13.2. The molecular formula is C37H77N3O6S. The van der Waals surface area contributed by atoms with Gasteiger partial charge in [-0.25, -0.2) is 10.1 Å². The minimum absolute atomic E-state index is 0.274. The molecule has 0 aliphatic rings. The van der Waals surface area contributed by atoms with E-state index in [4.69, 9.17) is 10.4 Å². The van der Waals surface area contributed by atoms with Crippen LogP contribution >= 0.6 is 11.8 Å². The van der Waals surface area contributed by atoms with Crippen molar-refractivity contribution >= 4 is 17.7 Å². The molecule has 0 heterocycles. The summed E-state index contributed by atoms with van der Waals surface area (Å²) in [5.74, 6) is 1.93. The summed E-state index contributed by atoms with van der Waals surface area (Å²) in [6.45, 7) is 7.00. The van der Waals surface area contributed by atoms with Crippen molar-refractivity contribution < 1.29 is 30.1 Å². The van der Waals surface area contributed by atoms with Gasteiger partial charge in [-0.3, -0.25) is 4.79 Å². The number of carboxylic acid groups (broad SMARTS) is 1. The zero-order valence-corrected chi connectivity index (χ0v) is 31.2. The van der Waals surface area contributed by atoms with Crippen molar-refractivity contribution in [2.24, 2.45) is 0 Å². The molecule has 10 heteroatoms. The van der Waals surface area contributed by atoms with E-state index in [9.17, 15) is 4.79 Å². The van der Waals surface area contributed by atoms with Crippen molar-refractivity contribution in [2.45, 2.75) is 173 Å². The minimum Gasteiger partial charge on any atom is -0.481 e. The minimum atomic E-state index is -0.696. The van der Waals surface area contributed by atoms with Crippen LogP contribution in [-0.4, -0.2) is 73.7 Å². The fourth-order valence-electron chi connectivity index (χ4n) is 5.72. The number of carbonyl (C=O) groups is 1. The van der Waals surface area contributed by atoms with Crippen molar-refractivity contribution in [3.05, 3.63) is 0 Å². The molecule has 5 N–H and O–H groups in total. The number of unbranched alkanes of at least 4 members (excludes halogenated alkanes) is 21. The molecular weight excluding hydrogens is 614 g/mol. The van der Waals surface area contributed by atoms with Gasteiger partial charge in [0.05, 0.1) is 6.61 Å². The number of hydrogen-bond acceptors (Lipinski definition) is 9. The van der Waals surface area contributed by atoms with E-state index < -0.39 is 5.97 Å². The molecule has 47 heavy (non-hydrogen) atoms. The van der Waals surface area contributed by atoms with Crippen molar-refractivity contribution in [3.63, 3.8) is 0 Å². The lowest BCUT2D eigenvalue weighted by molar-refractivity contribution is -0.623. The van der Waals surface area contributed by atoms with Crippen LogP contribution in [0.2, 0.25) is 0 Å². The molecule has 0 aromatic carbocycles. The predicted molar refractivity (Wildman–Crippen MR) is 199 cm³/mol. The lowest BCUT2D eigenvalue weighted by Gasteiger charge is -2.07. The van der Waals surface area contributed by atoms with E-state index >= 15 is 0 Å². The maximum Gasteiger partial charge on any atom is 0.303 e. The van der Waals surface area contributed by atoms with Gasteiger partial charge in [-0.1, -0.05) is 109 Å². The molecule has 9 nitrogen and oxygen atoms in total. The number of aliphatic carboxylic acids is 1. The lowest BCUT2D eigenvalue weighted by atomic mass is 10.1. The van der Waals surface area contributed by atoms with E-state index in [0.717, 1.165) is 45.4 Å². The van der Waals surface area contributed by atoms with Crippen LogP contribution < -0.4 is 16.0 Å². The Morgan fingerprint density at radius 1 is 0.447 bits per heavy atom. The highest BCUT2D eigenvalue weighted by Crippen LogP contribution is 2.14. The maximum absolute atomic E-state index is 10.5. The van der Waals surface area contributed by atoms with Crippen LogP contribution in [0.15, 0.2) is 0 Å². The summed E-state index contributed by atoms with van der Waals surface area (Å²) in [6.07, 6.45) is 33.9. The van der Waals surface area contributed by atoms with Gasteiger partial charge in [0.1, 0.15) is 0 Å². The van der Waals surface area contributed by atoms with Gasteiger partial charge in [0.2, 0.25) is 0 Å². The second kappa shape index (κ2) is 43.6. The van der Waals surface area contributed by atoms with E-state index in [1.807, 2.05) is 0 Å². The lowest BCUT2D eigenvalue weighted by Crippen LogP contribution is -2.20. The van der Waals surface area contributed by atoms with E-state index in [0.29, 0.717) is 6.61 Å². The molecule has 0 rings (SSSR count). The van der Waals surface area contributed by atoms with Crippen molar-refractivity contribution in [1.29, 1.82) is 0 Å². The molecule has 0 aliphatic carbocycles. The molecule has 0 fully saturated rings. The van der Waals surface area contributed by atoms with E-state index in [-0.39, 0.29) is 6.42 Å². The zero-order valence-electron chi connectivity index (χ0n) is 30.4. The topological polar surface area (TPSA) is 121 Å². The first-order valence-corrected chi connectivity index (χ1v) is 20.9. The smallest absolute Gasteiger partial charge is 0.303 e. The van der Waals surface area contributed by atoms with Gasteiger partial charge < -0.3 is 21.1 Å². The molecule has 0 amide bonds. The first-order chi connectivity index (χ1) is 23.3. The highest BCUT2D eigenvalue weighted by molar-refractivity contribution is 7.99. The van der Waals surface area contributed by atoms with Gasteiger partial charge in [-0.2, -0.15) is 11.8 Å². The summed E-state index contributed by atoms with van der Waals surface area (Å²) in [7, 11) is 0. The standard InChI is InChI=1S/C37H77N3O6S/c41-37(42)27-26-33-40-30-20-13-7-5-3-1-2-4-6-12-18-28-38-31-21-22-32-39-29-19-14-8-10-16-24-35-47-36-25-17-11-9-15-23-34-44-46-45-43/h38-40,43H,1-36H2,(H,41,42). The summed E-state index contributed by atoms with van der Waals surface area (Å²) in [6, 6.07) is 0. The van der Waals surface area contributed by atoms with Crippen LogP contribution in [0.1, 0.15) is 173 Å². The Hall–Kier alpha value is -0.460. The van der Waals surface area contributed by atoms with Crippen molar-refractivity contribution in [2.75, 3.05) is 57.4 Å². The van der Waals surface area contributed by atoms with Crippen molar-refractivity contribution in [3.8, 4) is 0 Å². The zero-order chi connectivity index (χ0) is 34.0. The normalized spacial score (nSPS) is 11.5. The Labute approximate surface area is 294 Å². The summed E-state index contributed by atoms with van der Waals surface area (Å²) in [5, 5.41) is 34.5. The second-order valence-corrected chi connectivity index (χ2v) is 14.4. The molecule has 0 aliphatic heterocycles. The number of hydrogen-bond donors (Lipinski definition) is 5. The number of rotatable bonds is 43. The third-order valence-electron chi connectivity index (χ3n) is 8.65. The molecule has 0 saturated heterocycles. The Bertz CT molecular complexity index is 594. The third kappa shape index (κ3) is 45.5. The first-order valence-electron chi connectivity index (χ1n) is 19.8. The molecule has 0 saturated carbocycles. The Kier molecular flexibility index (Phi) is 43.1. The molecule has 0 unspecified atom stereocenters. The summed E-state index contributed by atoms with van der Waals surface area (Å²) >= 11 is 2.13. The quantitative estimate of drug-likeness (QED) is 0.0240. The first kappa shape index (κ1) is 46.5. The molecule has 0 spiro atoms. The SMILES string of the molecule is O=C(O)CCCNCCCCCCCCCCCCCNCCCCNCCCCCCCCSCCCCCCCCOOOO. The van der Waals surface area contributed by atoms with E-state index in [1.165, 1.54) is 172 Å². The van der Waals surface area contributed by atoms with Gasteiger partial charge in [0.15, 0.2) is 0 Å². The van der Waals surface area contributed by atoms with Gasteiger partial charge >= 0.3 is 5.97 Å². The largest absolute Gasteiger partial charge is 0.481 e. The number of thioether (sulfide) groups is 1. The van der Waals surface area contributed by atoms with Crippen molar-refractivity contribution in [1.82, 2.24) is 16.0 Å². The average molecular weight is 692 g/mol. The van der Waals surface area contributed by atoms with Crippen LogP contribution in [0.4, 0.5) is 0 Å². The van der Waals surface area contributed by atoms with E-state index in [2.05, 4.69) is 42.7 Å². The van der Waals surface area contributed by atoms with Crippen LogP contribution in [-0.2, 0) is 19.8 Å². The van der Waals surface area contributed by atoms with Gasteiger partial charge in [-0.15, -0.1) is 0 Å². The molecule has 0 atom stereocenters. The summed E-state index contributed by atoms with van der Waals surface area (Å²) < 4.78 is 0. The summed E-state index contributed by atoms with van der Waals surface area (Å²) in [4.78, 5) is 15.0.